The average molecular weight is 258 g/mol. The zero-order valence-corrected chi connectivity index (χ0v) is 13.2. The van der Waals surface area contributed by atoms with Gasteiger partial charge in [-0.15, -0.1) is 0 Å². The number of nitrogens with zero attached hydrogens (tertiary/aromatic N) is 1. The largest absolute Gasteiger partial charge is 0.374 e. The first-order chi connectivity index (χ1) is 8.72. The Morgan fingerprint density at radius 1 is 1.33 bits per heavy atom. The molecule has 0 amide bonds. The molecular weight excluding hydrogens is 224 g/mol. The van der Waals surface area contributed by atoms with Crippen LogP contribution in [0.3, 0.4) is 0 Å². The lowest BCUT2D eigenvalue weighted by molar-refractivity contribution is -0.0274. The standard InChI is InChI=1S/C13H28N2O.C2H6/c1-4-5-6-15-7-8-16-13(11-15)10-14-9-12(2)3;1-2/h12-14H,4-11H2,1-3H3;1-2H3. The highest BCUT2D eigenvalue weighted by Crippen LogP contribution is 2.06. The van der Waals surface area contributed by atoms with Crippen molar-refractivity contribution in [3.8, 4) is 0 Å². The summed E-state index contributed by atoms with van der Waals surface area (Å²) in [5, 5.41) is 3.48. The van der Waals surface area contributed by atoms with Crippen molar-refractivity contribution in [2.75, 3.05) is 39.3 Å². The van der Waals surface area contributed by atoms with Crippen LogP contribution in [0.15, 0.2) is 0 Å². The summed E-state index contributed by atoms with van der Waals surface area (Å²) < 4.78 is 5.77. The molecule has 0 aromatic rings. The van der Waals surface area contributed by atoms with E-state index in [1.807, 2.05) is 13.8 Å². The third kappa shape index (κ3) is 8.90. The Morgan fingerprint density at radius 2 is 2.06 bits per heavy atom. The molecule has 0 aliphatic carbocycles. The smallest absolute Gasteiger partial charge is 0.0826 e. The summed E-state index contributed by atoms with van der Waals surface area (Å²) in [7, 11) is 0. The summed E-state index contributed by atoms with van der Waals surface area (Å²) in [5.74, 6) is 0.722. The Morgan fingerprint density at radius 3 is 2.67 bits per heavy atom. The first kappa shape index (κ1) is 17.9. The van der Waals surface area contributed by atoms with Crippen molar-refractivity contribution in [3.05, 3.63) is 0 Å². The van der Waals surface area contributed by atoms with Gasteiger partial charge in [0.15, 0.2) is 0 Å². The predicted molar refractivity (Wildman–Crippen MR) is 80.1 cm³/mol. The molecule has 0 radical (unpaired) electrons. The second-order valence-electron chi connectivity index (χ2n) is 5.20. The van der Waals surface area contributed by atoms with Gasteiger partial charge in [0.25, 0.3) is 0 Å². The van der Waals surface area contributed by atoms with E-state index in [4.69, 9.17) is 4.74 Å². The topological polar surface area (TPSA) is 24.5 Å². The maximum Gasteiger partial charge on any atom is 0.0826 e. The van der Waals surface area contributed by atoms with Crippen LogP contribution < -0.4 is 5.32 Å². The summed E-state index contributed by atoms with van der Waals surface area (Å²) in [6.07, 6.45) is 2.99. The van der Waals surface area contributed by atoms with E-state index < -0.39 is 0 Å². The molecule has 0 spiro atoms. The quantitative estimate of drug-likeness (QED) is 0.760. The van der Waals surface area contributed by atoms with E-state index in [1.165, 1.54) is 19.4 Å². The van der Waals surface area contributed by atoms with E-state index in [1.54, 1.807) is 0 Å². The molecule has 0 saturated carbocycles. The molecule has 110 valence electrons. The van der Waals surface area contributed by atoms with Crippen molar-refractivity contribution in [1.82, 2.24) is 10.2 Å². The minimum atomic E-state index is 0.393. The molecular formula is C15H34N2O. The zero-order valence-electron chi connectivity index (χ0n) is 13.2. The lowest BCUT2D eigenvalue weighted by Crippen LogP contribution is -2.47. The average Bonchev–Trinajstić information content (AvgIpc) is 2.39. The normalized spacial score (nSPS) is 20.7. The fourth-order valence-corrected chi connectivity index (χ4v) is 2.02. The summed E-state index contributed by atoms with van der Waals surface area (Å²) in [4.78, 5) is 2.54. The molecule has 1 aliphatic rings. The van der Waals surface area contributed by atoms with Crippen LogP contribution in [0, 0.1) is 5.92 Å². The SMILES string of the molecule is CC.CCCCN1CCOC(CNCC(C)C)C1. The molecule has 1 saturated heterocycles. The highest BCUT2D eigenvalue weighted by molar-refractivity contribution is 4.73. The summed E-state index contributed by atoms with van der Waals surface area (Å²) in [5.41, 5.74) is 0. The second-order valence-corrected chi connectivity index (χ2v) is 5.20. The molecule has 1 unspecified atom stereocenters. The molecule has 0 aromatic heterocycles. The minimum Gasteiger partial charge on any atom is -0.374 e. The monoisotopic (exact) mass is 258 g/mol. The van der Waals surface area contributed by atoms with Crippen LogP contribution in [0.25, 0.3) is 0 Å². The Balaban J connectivity index is 0.00000137. The van der Waals surface area contributed by atoms with Gasteiger partial charge in [-0.25, -0.2) is 0 Å². The van der Waals surface area contributed by atoms with E-state index in [0.717, 1.165) is 38.7 Å². The van der Waals surface area contributed by atoms with Crippen LogP contribution in [0.2, 0.25) is 0 Å². The van der Waals surface area contributed by atoms with Gasteiger partial charge in [-0.2, -0.15) is 0 Å². The molecule has 1 N–H and O–H groups in total. The van der Waals surface area contributed by atoms with Gasteiger partial charge in [0.2, 0.25) is 0 Å². The maximum atomic E-state index is 5.77. The third-order valence-corrected chi connectivity index (χ3v) is 2.98. The van der Waals surface area contributed by atoms with E-state index in [0.29, 0.717) is 6.10 Å². The Kier molecular flexibility index (Phi) is 11.9. The zero-order chi connectivity index (χ0) is 13.8. The van der Waals surface area contributed by atoms with Crippen LogP contribution in [0.5, 0.6) is 0 Å². The molecule has 3 heteroatoms. The van der Waals surface area contributed by atoms with Crippen LogP contribution in [-0.4, -0.2) is 50.3 Å². The fraction of sp³-hybridized carbons (Fsp3) is 1.00. The molecule has 3 nitrogen and oxygen atoms in total. The Hall–Kier alpha value is -0.120. The lowest BCUT2D eigenvalue weighted by Gasteiger charge is -2.33. The van der Waals surface area contributed by atoms with E-state index in [-0.39, 0.29) is 0 Å². The van der Waals surface area contributed by atoms with Gasteiger partial charge in [0.05, 0.1) is 12.7 Å². The summed E-state index contributed by atoms with van der Waals surface area (Å²) in [6.45, 7) is 17.2. The van der Waals surface area contributed by atoms with Gasteiger partial charge in [-0.3, -0.25) is 4.90 Å². The van der Waals surface area contributed by atoms with Crippen molar-refractivity contribution < 1.29 is 4.74 Å². The third-order valence-electron chi connectivity index (χ3n) is 2.98. The van der Waals surface area contributed by atoms with Gasteiger partial charge in [0.1, 0.15) is 0 Å². The van der Waals surface area contributed by atoms with Crippen LogP contribution in [0.4, 0.5) is 0 Å². The number of unbranched alkanes of at least 4 members (excludes halogenated alkanes) is 1. The maximum absolute atomic E-state index is 5.77. The molecule has 1 atom stereocenters. The van der Waals surface area contributed by atoms with E-state index in [2.05, 4.69) is 31.0 Å². The Bertz CT molecular complexity index is 174. The number of hydrogen-bond donors (Lipinski definition) is 1. The highest BCUT2D eigenvalue weighted by atomic mass is 16.5. The number of ether oxygens (including phenoxy) is 1. The van der Waals surface area contributed by atoms with Gasteiger partial charge in [-0.05, 0) is 25.4 Å². The summed E-state index contributed by atoms with van der Waals surface area (Å²) >= 11 is 0. The highest BCUT2D eigenvalue weighted by Gasteiger charge is 2.19. The molecule has 18 heavy (non-hydrogen) atoms. The van der Waals surface area contributed by atoms with Crippen molar-refractivity contribution in [1.29, 1.82) is 0 Å². The van der Waals surface area contributed by atoms with Crippen molar-refractivity contribution in [2.24, 2.45) is 5.92 Å². The van der Waals surface area contributed by atoms with Crippen LogP contribution >= 0.6 is 0 Å². The van der Waals surface area contributed by atoms with Crippen molar-refractivity contribution in [2.45, 2.75) is 53.6 Å². The predicted octanol–water partition coefficient (Wildman–Crippen LogP) is 2.76. The number of hydrogen-bond acceptors (Lipinski definition) is 3. The molecule has 1 fully saturated rings. The van der Waals surface area contributed by atoms with Crippen molar-refractivity contribution >= 4 is 0 Å². The summed E-state index contributed by atoms with van der Waals surface area (Å²) in [6, 6.07) is 0. The van der Waals surface area contributed by atoms with Gasteiger partial charge in [-0.1, -0.05) is 41.0 Å². The number of morpholine rings is 1. The molecule has 0 bridgehead atoms. The molecule has 0 aromatic carbocycles. The van der Waals surface area contributed by atoms with E-state index >= 15 is 0 Å². The van der Waals surface area contributed by atoms with Crippen molar-refractivity contribution in [3.63, 3.8) is 0 Å². The molecule has 1 rings (SSSR count). The number of nitrogens with one attached hydrogen (secondary N) is 1. The second kappa shape index (κ2) is 11.9. The van der Waals surface area contributed by atoms with Crippen LogP contribution in [0.1, 0.15) is 47.5 Å². The van der Waals surface area contributed by atoms with E-state index in [9.17, 15) is 0 Å². The first-order valence-corrected chi connectivity index (χ1v) is 7.77. The van der Waals surface area contributed by atoms with Gasteiger partial charge in [0, 0.05) is 19.6 Å². The van der Waals surface area contributed by atoms with Crippen LogP contribution in [-0.2, 0) is 4.74 Å². The lowest BCUT2D eigenvalue weighted by atomic mass is 10.2. The Labute approximate surface area is 114 Å². The first-order valence-electron chi connectivity index (χ1n) is 7.77. The number of rotatable bonds is 7. The van der Waals surface area contributed by atoms with Gasteiger partial charge < -0.3 is 10.1 Å². The fourth-order valence-electron chi connectivity index (χ4n) is 2.02. The molecule has 1 heterocycles. The molecule has 1 aliphatic heterocycles. The van der Waals surface area contributed by atoms with Gasteiger partial charge >= 0.3 is 0 Å². The minimum absolute atomic E-state index is 0.393.